The van der Waals surface area contributed by atoms with Crippen LogP contribution in [0, 0.1) is 6.92 Å². The van der Waals surface area contributed by atoms with Crippen LogP contribution in [0.2, 0.25) is 0 Å². The molecule has 2 N–H and O–H groups in total. The zero-order valence-corrected chi connectivity index (χ0v) is 14.1. The number of urea groups is 1. The number of primary amides is 1. The molecule has 2 aromatic carbocycles. The number of anilines is 2. The molecule has 2 amide bonds. The standard InChI is InChI=1S/C20H18N4O/c1-13-11-19(16-5-3-4-6-17(16)22-13)24(20(21)25)15-7-8-18-14(12-15)9-10-23(18)2/h3-12H,1-2H3,(H2,21,25). The minimum Gasteiger partial charge on any atom is -0.351 e. The maximum atomic E-state index is 12.3. The molecule has 2 aromatic heterocycles. The zero-order chi connectivity index (χ0) is 17.6. The minimum absolute atomic E-state index is 0.522. The van der Waals surface area contributed by atoms with Crippen LogP contribution in [0.4, 0.5) is 16.2 Å². The fourth-order valence-electron chi connectivity index (χ4n) is 3.26. The van der Waals surface area contributed by atoms with E-state index in [1.807, 2.05) is 79.3 Å². The average molecular weight is 330 g/mol. The first-order valence-electron chi connectivity index (χ1n) is 8.05. The number of hydrogen-bond donors (Lipinski definition) is 1. The predicted octanol–water partition coefficient (Wildman–Crippen LogP) is 4.25. The average Bonchev–Trinajstić information content (AvgIpc) is 2.95. The summed E-state index contributed by atoms with van der Waals surface area (Å²) in [5.74, 6) is 0. The van der Waals surface area contributed by atoms with Gasteiger partial charge in [0, 0.05) is 35.2 Å². The number of pyridine rings is 1. The van der Waals surface area contributed by atoms with E-state index in [9.17, 15) is 4.79 Å². The van der Waals surface area contributed by atoms with Crippen molar-refractivity contribution in [1.82, 2.24) is 9.55 Å². The van der Waals surface area contributed by atoms with Gasteiger partial charge in [-0.3, -0.25) is 9.88 Å². The Labute approximate surface area is 145 Å². The normalized spacial score (nSPS) is 11.1. The Balaban J connectivity index is 1.96. The number of carbonyl (C=O) groups excluding carboxylic acids is 1. The number of para-hydroxylation sites is 1. The Morgan fingerprint density at radius 3 is 2.72 bits per heavy atom. The largest absolute Gasteiger partial charge is 0.351 e. The minimum atomic E-state index is -0.522. The van der Waals surface area contributed by atoms with Crippen LogP contribution in [0.15, 0.2) is 60.8 Å². The highest BCUT2D eigenvalue weighted by Gasteiger charge is 2.19. The molecule has 25 heavy (non-hydrogen) atoms. The van der Waals surface area contributed by atoms with Crippen molar-refractivity contribution in [3.05, 3.63) is 66.5 Å². The monoisotopic (exact) mass is 330 g/mol. The summed E-state index contributed by atoms with van der Waals surface area (Å²) in [7, 11) is 1.99. The van der Waals surface area contributed by atoms with Gasteiger partial charge in [0.1, 0.15) is 0 Å². The van der Waals surface area contributed by atoms with Crippen LogP contribution >= 0.6 is 0 Å². The molecular formula is C20H18N4O. The SMILES string of the molecule is Cc1cc(N(C(N)=O)c2ccc3c(ccn3C)c2)c2ccccc2n1. The van der Waals surface area contributed by atoms with E-state index in [0.29, 0.717) is 0 Å². The van der Waals surface area contributed by atoms with Crippen molar-refractivity contribution in [2.45, 2.75) is 6.92 Å². The predicted molar refractivity (Wildman–Crippen MR) is 101 cm³/mol. The third kappa shape index (κ3) is 2.50. The van der Waals surface area contributed by atoms with E-state index in [1.165, 1.54) is 0 Å². The van der Waals surface area contributed by atoms with Crippen LogP contribution in [-0.4, -0.2) is 15.6 Å². The summed E-state index contributed by atoms with van der Waals surface area (Å²) in [4.78, 5) is 18.4. The van der Waals surface area contributed by atoms with Gasteiger partial charge in [0.05, 0.1) is 16.9 Å². The van der Waals surface area contributed by atoms with Crippen molar-refractivity contribution in [3.8, 4) is 0 Å². The number of fused-ring (bicyclic) bond motifs is 2. The quantitative estimate of drug-likeness (QED) is 0.597. The maximum Gasteiger partial charge on any atom is 0.323 e. The molecule has 0 bridgehead atoms. The van der Waals surface area contributed by atoms with E-state index in [-0.39, 0.29) is 0 Å². The number of aryl methyl sites for hydroxylation is 2. The second kappa shape index (κ2) is 5.63. The molecule has 4 rings (SSSR count). The van der Waals surface area contributed by atoms with Gasteiger partial charge in [0.25, 0.3) is 0 Å². The number of benzene rings is 2. The van der Waals surface area contributed by atoms with Gasteiger partial charge < -0.3 is 10.3 Å². The number of aromatic nitrogens is 2. The molecule has 0 aliphatic heterocycles. The summed E-state index contributed by atoms with van der Waals surface area (Å²) in [5, 5.41) is 1.95. The van der Waals surface area contributed by atoms with Crippen LogP contribution in [-0.2, 0) is 7.05 Å². The summed E-state index contributed by atoms with van der Waals surface area (Å²) in [6.07, 6.45) is 2.00. The van der Waals surface area contributed by atoms with Gasteiger partial charge in [-0.15, -0.1) is 0 Å². The molecule has 5 heteroatoms. The molecule has 0 fully saturated rings. The molecule has 0 spiro atoms. The number of rotatable bonds is 2. The zero-order valence-electron chi connectivity index (χ0n) is 14.1. The number of nitrogens with two attached hydrogens (primary N) is 1. The van der Waals surface area contributed by atoms with Crippen molar-refractivity contribution < 1.29 is 4.79 Å². The van der Waals surface area contributed by atoms with Crippen molar-refractivity contribution in [3.63, 3.8) is 0 Å². The van der Waals surface area contributed by atoms with E-state index in [0.717, 1.165) is 38.9 Å². The summed E-state index contributed by atoms with van der Waals surface area (Å²) in [5.41, 5.74) is 10.0. The highest BCUT2D eigenvalue weighted by atomic mass is 16.2. The lowest BCUT2D eigenvalue weighted by molar-refractivity contribution is 0.256. The molecule has 124 valence electrons. The Bertz CT molecular complexity index is 1110. The second-order valence-electron chi connectivity index (χ2n) is 6.14. The third-order valence-electron chi connectivity index (χ3n) is 4.41. The maximum absolute atomic E-state index is 12.3. The highest BCUT2D eigenvalue weighted by Crippen LogP contribution is 2.33. The number of carbonyl (C=O) groups is 1. The van der Waals surface area contributed by atoms with Crippen molar-refractivity contribution in [2.75, 3.05) is 4.90 Å². The molecule has 0 radical (unpaired) electrons. The topological polar surface area (TPSA) is 64.2 Å². The smallest absolute Gasteiger partial charge is 0.323 e. The van der Waals surface area contributed by atoms with Crippen LogP contribution < -0.4 is 10.6 Å². The van der Waals surface area contributed by atoms with E-state index < -0.39 is 6.03 Å². The molecule has 0 saturated heterocycles. The van der Waals surface area contributed by atoms with Crippen molar-refractivity contribution >= 4 is 39.2 Å². The van der Waals surface area contributed by atoms with Gasteiger partial charge in [-0.1, -0.05) is 18.2 Å². The summed E-state index contributed by atoms with van der Waals surface area (Å²) in [6, 6.07) is 17.0. The molecule has 4 aromatic rings. The van der Waals surface area contributed by atoms with Crippen molar-refractivity contribution in [1.29, 1.82) is 0 Å². The molecule has 0 aliphatic rings. The van der Waals surface area contributed by atoms with Gasteiger partial charge in [0.2, 0.25) is 0 Å². The number of amides is 2. The van der Waals surface area contributed by atoms with E-state index >= 15 is 0 Å². The van der Waals surface area contributed by atoms with Gasteiger partial charge in [0.15, 0.2) is 0 Å². The lowest BCUT2D eigenvalue weighted by Crippen LogP contribution is -2.31. The van der Waals surface area contributed by atoms with Gasteiger partial charge >= 0.3 is 6.03 Å². The molecule has 0 aliphatic carbocycles. The lowest BCUT2D eigenvalue weighted by Gasteiger charge is -2.23. The first-order valence-corrected chi connectivity index (χ1v) is 8.05. The van der Waals surface area contributed by atoms with E-state index in [4.69, 9.17) is 5.73 Å². The summed E-state index contributed by atoms with van der Waals surface area (Å²) in [6.45, 7) is 1.91. The fraction of sp³-hybridized carbons (Fsp3) is 0.100. The Kier molecular flexibility index (Phi) is 3.42. The highest BCUT2D eigenvalue weighted by molar-refractivity contribution is 6.07. The molecule has 5 nitrogen and oxygen atoms in total. The van der Waals surface area contributed by atoms with Crippen molar-refractivity contribution in [2.24, 2.45) is 12.8 Å². The number of hydrogen-bond acceptors (Lipinski definition) is 2. The Morgan fingerprint density at radius 2 is 1.92 bits per heavy atom. The molecule has 0 unspecified atom stereocenters. The van der Waals surface area contributed by atoms with E-state index in [2.05, 4.69) is 4.98 Å². The molecular weight excluding hydrogens is 312 g/mol. The molecule has 2 heterocycles. The third-order valence-corrected chi connectivity index (χ3v) is 4.41. The Morgan fingerprint density at radius 1 is 1.12 bits per heavy atom. The Hall–Kier alpha value is -3.34. The van der Waals surface area contributed by atoms with Gasteiger partial charge in [-0.05, 0) is 43.3 Å². The first-order chi connectivity index (χ1) is 12.0. The van der Waals surface area contributed by atoms with Crippen LogP contribution in [0.25, 0.3) is 21.8 Å². The van der Waals surface area contributed by atoms with Crippen LogP contribution in [0.1, 0.15) is 5.69 Å². The van der Waals surface area contributed by atoms with Crippen LogP contribution in [0.3, 0.4) is 0 Å². The van der Waals surface area contributed by atoms with Gasteiger partial charge in [-0.2, -0.15) is 0 Å². The lowest BCUT2D eigenvalue weighted by atomic mass is 10.1. The summed E-state index contributed by atoms with van der Waals surface area (Å²) >= 11 is 0. The molecule has 0 atom stereocenters. The van der Waals surface area contributed by atoms with E-state index in [1.54, 1.807) is 4.90 Å². The second-order valence-corrected chi connectivity index (χ2v) is 6.14. The van der Waals surface area contributed by atoms with Gasteiger partial charge in [-0.25, -0.2) is 4.79 Å². The number of nitrogens with zero attached hydrogens (tertiary/aromatic N) is 3. The van der Waals surface area contributed by atoms with Crippen LogP contribution in [0.5, 0.6) is 0 Å². The summed E-state index contributed by atoms with van der Waals surface area (Å²) < 4.78 is 2.04. The fourth-order valence-corrected chi connectivity index (χ4v) is 3.26. The molecule has 0 saturated carbocycles. The first kappa shape index (κ1) is 15.2.